The number of ether oxygens (including phenoxy) is 6. The zero-order valence-corrected chi connectivity index (χ0v) is 21.1. The van der Waals surface area contributed by atoms with Gasteiger partial charge in [0, 0.05) is 0 Å². The molecule has 3 rings (SSSR count). The van der Waals surface area contributed by atoms with Crippen molar-refractivity contribution in [2.45, 2.75) is 75.8 Å². The van der Waals surface area contributed by atoms with Gasteiger partial charge in [0.15, 0.2) is 0 Å². The SMILES string of the molecule is C1CCC2OCCOCCOC3CCCCC3OCCOCCOC2C1.[C-]#N.[K+]. The summed E-state index contributed by atoms with van der Waals surface area (Å²) in [6.45, 7) is 9.68. The van der Waals surface area contributed by atoms with Crippen LogP contribution < -0.4 is 51.4 Å². The Kier molecular flexibility index (Phi) is 17.8. The summed E-state index contributed by atoms with van der Waals surface area (Å²) in [7, 11) is 0. The molecule has 8 heteroatoms. The van der Waals surface area contributed by atoms with Crippen LogP contribution in [0.3, 0.4) is 0 Å². The molecule has 2 saturated carbocycles. The minimum Gasteiger partial charge on any atom is -0.512 e. The minimum absolute atomic E-state index is 0. The maximum Gasteiger partial charge on any atom is 1.00 e. The summed E-state index contributed by atoms with van der Waals surface area (Å²) in [6.07, 6.45) is 9.93. The predicted octanol–water partition coefficient (Wildman–Crippen LogP) is -0.178. The molecule has 162 valence electrons. The third-order valence-corrected chi connectivity index (χ3v) is 5.52. The molecule has 0 radical (unpaired) electrons. The van der Waals surface area contributed by atoms with Crippen molar-refractivity contribution in [2.24, 2.45) is 0 Å². The van der Waals surface area contributed by atoms with Gasteiger partial charge in [-0.05, 0) is 25.7 Å². The second-order valence-electron chi connectivity index (χ2n) is 7.43. The van der Waals surface area contributed by atoms with Crippen LogP contribution in [-0.2, 0) is 28.4 Å². The number of rotatable bonds is 0. The number of fused-ring (bicyclic) bond motifs is 2. The molecule has 2 aliphatic carbocycles. The number of nitrogens with zero attached hydrogens (tertiary/aromatic N) is 1. The molecule has 3 fully saturated rings. The minimum atomic E-state index is 0. The first-order valence-electron chi connectivity index (χ1n) is 10.8. The summed E-state index contributed by atoms with van der Waals surface area (Å²) in [5.74, 6) is 0. The Balaban J connectivity index is 0.00000136. The van der Waals surface area contributed by atoms with Crippen LogP contribution in [0.2, 0.25) is 0 Å². The Hall–Kier alpha value is 0.886. The van der Waals surface area contributed by atoms with Gasteiger partial charge in [-0.2, -0.15) is 0 Å². The summed E-state index contributed by atoms with van der Waals surface area (Å²) in [5.41, 5.74) is 0. The Morgan fingerprint density at radius 2 is 0.690 bits per heavy atom. The van der Waals surface area contributed by atoms with E-state index in [1.165, 1.54) is 25.7 Å². The van der Waals surface area contributed by atoms with E-state index in [2.05, 4.69) is 0 Å². The van der Waals surface area contributed by atoms with E-state index in [-0.39, 0.29) is 75.8 Å². The van der Waals surface area contributed by atoms with E-state index < -0.39 is 0 Å². The molecular weight excluding hydrogens is 401 g/mol. The van der Waals surface area contributed by atoms with Crippen LogP contribution >= 0.6 is 0 Å². The van der Waals surface area contributed by atoms with Crippen molar-refractivity contribution in [3.8, 4) is 0 Å². The largest absolute Gasteiger partial charge is 1.00 e. The van der Waals surface area contributed by atoms with E-state index in [0.29, 0.717) is 52.9 Å². The predicted molar refractivity (Wildman–Crippen MR) is 103 cm³/mol. The second kappa shape index (κ2) is 18.5. The molecule has 7 nitrogen and oxygen atoms in total. The van der Waals surface area contributed by atoms with Gasteiger partial charge in [0.2, 0.25) is 0 Å². The monoisotopic (exact) mass is 437 g/mol. The standard InChI is InChI=1S/C20H36O6.CN.K/c1-2-6-18-17(5-1)23-13-9-21-11-15-25-19-7-3-4-8-20(19)26-16-12-22-10-14-24-18;1-2;/h17-20H,1-16H2;;/q;-1;+1. The van der Waals surface area contributed by atoms with Crippen LogP contribution in [0.15, 0.2) is 0 Å². The molecule has 1 heterocycles. The topological polar surface area (TPSA) is 79.2 Å². The number of hydrogen-bond acceptors (Lipinski definition) is 7. The van der Waals surface area contributed by atoms with Gasteiger partial charge in [0.25, 0.3) is 0 Å². The van der Waals surface area contributed by atoms with Gasteiger partial charge in [0.05, 0.1) is 77.3 Å². The molecular formula is C21H36KNO6. The van der Waals surface area contributed by atoms with Crippen LogP contribution in [0.25, 0.3) is 0 Å². The molecule has 0 N–H and O–H groups in total. The quantitative estimate of drug-likeness (QED) is 0.384. The van der Waals surface area contributed by atoms with Gasteiger partial charge < -0.3 is 40.3 Å². The zero-order valence-electron chi connectivity index (χ0n) is 18.0. The summed E-state index contributed by atoms with van der Waals surface area (Å²) in [4.78, 5) is 0. The maximum absolute atomic E-state index is 6.25. The van der Waals surface area contributed by atoms with Crippen molar-refractivity contribution >= 4 is 0 Å². The van der Waals surface area contributed by atoms with Crippen LogP contribution in [0.4, 0.5) is 0 Å². The molecule has 0 amide bonds. The fourth-order valence-corrected chi connectivity index (χ4v) is 4.13. The first kappa shape index (κ1) is 27.9. The van der Waals surface area contributed by atoms with E-state index in [1.54, 1.807) is 0 Å². The third kappa shape index (κ3) is 11.4. The van der Waals surface area contributed by atoms with Crippen LogP contribution in [0.1, 0.15) is 51.4 Å². The van der Waals surface area contributed by atoms with Gasteiger partial charge in [0.1, 0.15) is 0 Å². The number of hydrogen-bond donors (Lipinski definition) is 0. The van der Waals surface area contributed by atoms with E-state index in [9.17, 15) is 0 Å². The van der Waals surface area contributed by atoms with Gasteiger partial charge in [-0.25, -0.2) is 0 Å². The van der Waals surface area contributed by atoms with E-state index in [1.807, 2.05) is 0 Å². The molecule has 1 saturated heterocycles. The molecule has 4 atom stereocenters. The summed E-state index contributed by atoms with van der Waals surface area (Å²) >= 11 is 0. The average Bonchev–Trinajstić information content (AvgIpc) is 2.75. The molecule has 0 bridgehead atoms. The smallest absolute Gasteiger partial charge is 0.512 e. The average molecular weight is 438 g/mol. The van der Waals surface area contributed by atoms with Gasteiger partial charge in [-0.15, -0.1) is 0 Å². The fourth-order valence-electron chi connectivity index (χ4n) is 4.13. The first-order valence-corrected chi connectivity index (χ1v) is 10.8. The normalized spacial score (nSPS) is 33.2. The molecule has 3 aliphatic rings. The Morgan fingerprint density at radius 3 is 0.931 bits per heavy atom. The fraction of sp³-hybridized carbons (Fsp3) is 0.952. The van der Waals surface area contributed by atoms with E-state index >= 15 is 0 Å². The van der Waals surface area contributed by atoms with Crippen molar-refractivity contribution in [1.82, 2.24) is 0 Å². The van der Waals surface area contributed by atoms with E-state index in [0.717, 1.165) is 25.7 Å². The maximum atomic E-state index is 6.25. The third-order valence-electron chi connectivity index (χ3n) is 5.52. The van der Waals surface area contributed by atoms with Crippen LogP contribution in [-0.4, -0.2) is 77.3 Å². The summed E-state index contributed by atoms with van der Waals surface area (Å²) in [5, 5.41) is 6.25. The zero-order chi connectivity index (χ0) is 19.9. The van der Waals surface area contributed by atoms with Gasteiger partial charge in [-0.3, -0.25) is 0 Å². The molecule has 4 unspecified atom stereocenters. The molecule has 0 spiro atoms. The van der Waals surface area contributed by atoms with Crippen molar-refractivity contribution in [3.63, 3.8) is 0 Å². The molecule has 1 aliphatic heterocycles. The summed E-state index contributed by atoms with van der Waals surface area (Å²) in [6, 6.07) is 0. The molecule has 0 aromatic carbocycles. The van der Waals surface area contributed by atoms with Gasteiger partial charge >= 0.3 is 51.4 Å². The van der Waals surface area contributed by atoms with Crippen molar-refractivity contribution in [2.75, 3.05) is 52.9 Å². The van der Waals surface area contributed by atoms with Gasteiger partial charge in [-0.1, -0.05) is 25.7 Å². The van der Waals surface area contributed by atoms with Crippen molar-refractivity contribution in [1.29, 1.82) is 5.26 Å². The van der Waals surface area contributed by atoms with Crippen molar-refractivity contribution in [3.05, 3.63) is 6.57 Å². The first-order chi connectivity index (χ1) is 13.9. The Morgan fingerprint density at radius 1 is 0.448 bits per heavy atom. The van der Waals surface area contributed by atoms with E-state index in [4.69, 9.17) is 40.3 Å². The molecule has 0 aromatic rings. The Labute approximate surface area is 218 Å². The molecule has 29 heavy (non-hydrogen) atoms. The Bertz CT molecular complexity index is 348. The second-order valence-corrected chi connectivity index (χ2v) is 7.43. The summed E-state index contributed by atoms with van der Waals surface area (Å²) < 4.78 is 35.5. The molecule has 0 aromatic heterocycles. The van der Waals surface area contributed by atoms with Crippen LogP contribution in [0.5, 0.6) is 0 Å². The van der Waals surface area contributed by atoms with Crippen molar-refractivity contribution < 1.29 is 79.8 Å². The van der Waals surface area contributed by atoms with Crippen LogP contribution in [0, 0.1) is 11.8 Å².